The SMILES string of the molecule is CCC(NC(=O)c1ccc(N(CC)S(=O)(=O)CC)cc1)c1ccc(OC)c(OC)c1. The van der Waals surface area contributed by atoms with Gasteiger partial charge in [-0.15, -0.1) is 0 Å². The summed E-state index contributed by atoms with van der Waals surface area (Å²) in [4.78, 5) is 12.8. The molecule has 0 bridgehead atoms. The van der Waals surface area contributed by atoms with Crippen LogP contribution >= 0.6 is 0 Å². The number of rotatable bonds is 10. The van der Waals surface area contributed by atoms with Crippen molar-refractivity contribution in [3.63, 3.8) is 0 Å². The van der Waals surface area contributed by atoms with E-state index in [9.17, 15) is 13.2 Å². The standard InChI is InChI=1S/C22H30N2O5S/c1-6-19(17-11-14-20(28-4)21(15-17)29-5)23-22(25)16-9-12-18(13-10-16)24(7-2)30(26,27)8-3/h9-15,19H,6-8H2,1-5H3,(H,23,25). The van der Waals surface area contributed by atoms with Crippen LogP contribution in [0.4, 0.5) is 5.69 Å². The number of hydrogen-bond acceptors (Lipinski definition) is 5. The van der Waals surface area contributed by atoms with Crippen molar-refractivity contribution in [3.05, 3.63) is 53.6 Å². The fourth-order valence-electron chi connectivity index (χ4n) is 3.21. The van der Waals surface area contributed by atoms with E-state index >= 15 is 0 Å². The summed E-state index contributed by atoms with van der Waals surface area (Å²) in [5.41, 5.74) is 1.91. The first-order valence-corrected chi connectivity index (χ1v) is 11.5. The number of sulfonamides is 1. The fraction of sp³-hybridized carbons (Fsp3) is 0.409. The van der Waals surface area contributed by atoms with E-state index < -0.39 is 10.0 Å². The Morgan fingerprint density at radius 1 is 1.00 bits per heavy atom. The van der Waals surface area contributed by atoms with Gasteiger partial charge in [-0.1, -0.05) is 13.0 Å². The first kappa shape index (κ1) is 23.5. The lowest BCUT2D eigenvalue weighted by molar-refractivity contribution is 0.0935. The van der Waals surface area contributed by atoms with E-state index in [0.717, 1.165) is 5.56 Å². The van der Waals surface area contributed by atoms with E-state index in [1.165, 1.54) is 4.31 Å². The maximum Gasteiger partial charge on any atom is 0.251 e. The maximum absolute atomic E-state index is 12.8. The predicted molar refractivity (Wildman–Crippen MR) is 119 cm³/mol. The number of hydrogen-bond donors (Lipinski definition) is 1. The Morgan fingerprint density at radius 2 is 1.63 bits per heavy atom. The molecule has 0 radical (unpaired) electrons. The molecule has 1 unspecified atom stereocenters. The molecule has 30 heavy (non-hydrogen) atoms. The molecule has 0 heterocycles. The second-order valence-electron chi connectivity index (χ2n) is 6.66. The van der Waals surface area contributed by atoms with Gasteiger partial charge in [0.2, 0.25) is 10.0 Å². The van der Waals surface area contributed by atoms with Crippen LogP contribution in [0.5, 0.6) is 11.5 Å². The third-order valence-corrected chi connectivity index (χ3v) is 6.80. The summed E-state index contributed by atoms with van der Waals surface area (Å²) in [6.45, 7) is 5.71. The van der Waals surface area contributed by atoms with Crippen LogP contribution in [0.15, 0.2) is 42.5 Å². The number of ether oxygens (including phenoxy) is 2. The topological polar surface area (TPSA) is 84.9 Å². The predicted octanol–water partition coefficient (Wildman–Crippen LogP) is 3.76. The highest BCUT2D eigenvalue weighted by atomic mass is 32.2. The summed E-state index contributed by atoms with van der Waals surface area (Å²) >= 11 is 0. The number of amides is 1. The average molecular weight is 435 g/mol. The average Bonchev–Trinajstić information content (AvgIpc) is 2.77. The molecule has 8 heteroatoms. The summed E-state index contributed by atoms with van der Waals surface area (Å²) in [5, 5.41) is 3.02. The first-order chi connectivity index (χ1) is 14.3. The van der Waals surface area contributed by atoms with Crippen LogP contribution < -0.4 is 19.1 Å². The van der Waals surface area contributed by atoms with Gasteiger partial charge in [0.25, 0.3) is 5.91 Å². The molecule has 0 aliphatic carbocycles. The van der Waals surface area contributed by atoms with Gasteiger partial charge in [-0.3, -0.25) is 9.10 Å². The number of benzene rings is 2. The van der Waals surface area contributed by atoms with E-state index in [4.69, 9.17) is 9.47 Å². The summed E-state index contributed by atoms with van der Waals surface area (Å²) in [6, 6.07) is 11.9. The highest BCUT2D eigenvalue weighted by Gasteiger charge is 2.20. The van der Waals surface area contributed by atoms with Gasteiger partial charge in [-0.2, -0.15) is 0 Å². The van der Waals surface area contributed by atoms with Crippen LogP contribution in [0.25, 0.3) is 0 Å². The van der Waals surface area contributed by atoms with Crippen molar-refractivity contribution >= 4 is 21.6 Å². The van der Waals surface area contributed by atoms with Crippen molar-refractivity contribution in [2.45, 2.75) is 33.2 Å². The second-order valence-corrected chi connectivity index (χ2v) is 8.84. The van der Waals surface area contributed by atoms with Crippen LogP contribution in [0.3, 0.4) is 0 Å². The Labute approximate surface area is 179 Å². The number of methoxy groups -OCH3 is 2. The van der Waals surface area contributed by atoms with Gasteiger partial charge in [0, 0.05) is 12.1 Å². The molecule has 0 aliphatic heterocycles. The molecule has 0 aromatic heterocycles. The lowest BCUT2D eigenvalue weighted by Crippen LogP contribution is -2.32. The number of carbonyl (C=O) groups is 1. The van der Waals surface area contributed by atoms with Crippen molar-refractivity contribution < 1.29 is 22.7 Å². The third-order valence-electron chi connectivity index (χ3n) is 4.93. The molecule has 0 spiro atoms. The lowest BCUT2D eigenvalue weighted by Gasteiger charge is -2.22. The summed E-state index contributed by atoms with van der Waals surface area (Å²) < 4.78 is 36.4. The number of nitrogens with zero attached hydrogens (tertiary/aromatic N) is 1. The zero-order valence-electron chi connectivity index (χ0n) is 18.1. The maximum atomic E-state index is 12.8. The minimum absolute atomic E-state index is 0.0204. The highest BCUT2D eigenvalue weighted by Crippen LogP contribution is 2.31. The zero-order chi connectivity index (χ0) is 22.3. The number of anilines is 1. The molecule has 164 valence electrons. The molecule has 0 saturated carbocycles. The fourth-order valence-corrected chi connectivity index (χ4v) is 4.36. The Kier molecular flexibility index (Phi) is 8.11. The molecule has 1 N–H and O–H groups in total. The van der Waals surface area contributed by atoms with Gasteiger partial charge in [0.05, 0.1) is 31.7 Å². The van der Waals surface area contributed by atoms with Crippen LogP contribution in [0, 0.1) is 0 Å². The molecule has 0 aliphatic rings. The second kappa shape index (κ2) is 10.3. The molecule has 0 saturated heterocycles. The smallest absolute Gasteiger partial charge is 0.251 e. The summed E-state index contributed by atoms with van der Waals surface area (Å²) in [5.74, 6) is 1.01. The Bertz CT molecular complexity index is 958. The van der Waals surface area contributed by atoms with E-state index in [1.807, 2.05) is 25.1 Å². The minimum Gasteiger partial charge on any atom is -0.493 e. The van der Waals surface area contributed by atoms with E-state index in [2.05, 4.69) is 5.32 Å². The van der Waals surface area contributed by atoms with Gasteiger partial charge in [0.15, 0.2) is 11.5 Å². The highest BCUT2D eigenvalue weighted by molar-refractivity contribution is 7.92. The van der Waals surface area contributed by atoms with E-state index in [0.29, 0.717) is 35.7 Å². The number of carbonyl (C=O) groups excluding carboxylic acids is 1. The molecule has 7 nitrogen and oxygen atoms in total. The van der Waals surface area contributed by atoms with Crippen LogP contribution in [-0.4, -0.2) is 40.8 Å². The molecule has 1 amide bonds. The monoisotopic (exact) mass is 434 g/mol. The van der Waals surface area contributed by atoms with Gasteiger partial charge < -0.3 is 14.8 Å². The van der Waals surface area contributed by atoms with Crippen molar-refractivity contribution in [3.8, 4) is 11.5 Å². The largest absolute Gasteiger partial charge is 0.493 e. The molecule has 2 rings (SSSR count). The molecular weight excluding hydrogens is 404 g/mol. The molecule has 2 aromatic rings. The van der Waals surface area contributed by atoms with Gasteiger partial charge in [-0.25, -0.2) is 8.42 Å². The Morgan fingerprint density at radius 3 is 2.13 bits per heavy atom. The quantitative estimate of drug-likeness (QED) is 0.615. The normalized spacial score (nSPS) is 12.2. The molecule has 0 fully saturated rings. The Hall–Kier alpha value is -2.74. The molecular formula is C22H30N2O5S. The first-order valence-electron chi connectivity index (χ1n) is 9.94. The van der Waals surface area contributed by atoms with Crippen molar-refractivity contribution in [1.82, 2.24) is 5.32 Å². The van der Waals surface area contributed by atoms with Gasteiger partial charge in [0.1, 0.15) is 0 Å². The van der Waals surface area contributed by atoms with E-state index in [-0.39, 0.29) is 17.7 Å². The van der Waals surface area contributed by atoms with Crippen LogP contribution in [-0.2, 0) is 10.0 Å². The van der Waals surface area contributed by atoms with Crippen molar-refractivity contribution in [2.75, 3.05) is 30.8 Å². The van der Waals surface area contributed by atoms with Crippen LogP contribution in [0.1, 0.15) is 49.2 Å². The molecule has 1 atom stereocenters. The van der Waals surface area contributed by atoms with Crippen molar-refractivity contribution in [2.24, 2.45) is 0 Å². The van der Waals surface area contributed by atoms with Gasteiger partial charge in [-0.05, 0) is 62.2 Å². The zero-order valence-corrected chi connectivity index (χ0v) is 19.0. The van der Waals surface area contributed by atoms with Gasteiger partial charge >= 0.3 is 0 Å². The minimum atomic E-state index is -3.36. The third kappa shape index (κ3) is 5.24. The van der Waals surface area contributed by atoms with E-state index in [1.54, 1.807) is 52.3 Å². The number of nitrogens with one attached hydrogen (secondary N) is 1. The lowest BCUT2D eigenvalue weighted by atomic mass is 10.0. The summed E-state index contributed by atoms with van der Waals surface area (Å²) in [6.07, 6.45) is 0.692. The Balaban J connectivity index is 2.20. The van der Waals surface area contributed by atoms with Crippen molar-refractivity contribution in [1.29, 1.82) is 0 Å². The molecule has 2 aromatic carbocycles. The van der Waals surface area contributed by atoms with Crippen LogP contribution in [0.2, 0.25) is 0 Å². The summed E-state index contributed by atoms with van der Waals surface area (Å²) in [7, 11) is -0.212.